The highest BCUT2D eigenvalue weighted by molar-refractivity contribution is 7.53. The molecule has 6 rings (SSSR count). The first-order valence-corrected chi connectivity index (χ1v) is 18.1. The SMILES string of the molecule is CC(C)Oc1cc(C(=O)O)cc(-c2ccc(COC(=O)C(Cc3ccc(OP(=O)(O)C(F)F)cc3)(c3ccccc3)n3nnc4ccccc43)cc2)c1. The molecule has 2 atom stereocenters. The zero-order chi connectivity index (χ0) is 37.8. The first-order valence-electron chi connectivity index (χ1n) is 16.4. The summed E-state index contributed by atoms with van der Waals surface area (Å²) in [7, 11) is -5.20. The average Bonchev–Trinajstić information content (AvgIpc) is 3.58. The molecule has 0 saturated heterocycles. The number of para-hydroxylation sites is 1. The number of hydrogen-bond donors (Lipinski definition) is 2. The molecule has 0 amide bonds. The lowest BCUT2D eigenvalue weighted by atomic mass is 9.83. The maximum atomic E-state index is 14.7. The molecular formula is C39H34F2N3O8P. The van der Waals surface area contributed by atoms with E-state index >= 15 is 0 Å². The van der Waals surface area contributed by atoms with Gasteiger partial charge in [-0.25, -0.2) is 18.8 Å². The smallest absolute Gasteiger partial charge is 0.442 e. The summed E-state index contributed by atoms with van der Waals surface area (Å²) >= 11 is 0. The summed E-state index contributed by atoms with van der Waals surface area (Å²) in [5, 5.41) is 18.4. The third-order valence-electron chi connectivity index (χ3n) is 8.35. The highest BCUT2D eigenvalue weighted by Crippen LogP contribution is 2.49. The van der Waals surface area contributed by atoms with Crippen LogP contribution in [0.25, 0.3) is 22.2 Å². The van der Waals surface area contributed by atoms with E-state index in [0.29, 0.717) is 39.0 Å². The lowest BCUT2D eigenvalue weighted by molar-refractivity contribution is -0.154. The fourth-order valence-electron chi connectivity index (χ4n) is 5.89. The molecule has 1 heterocycles. The molecule has 1 aromatic heterocycles. The Hall–Kier alpha value is -5.91. The first kappa shape index (κ1) is 36.9. The Morgan fingerprint density at radius 1 is 0.830 bits per heavy atom. The number of halogens is 2. The number of carboxylic acid groups (broad SMARTS) is 1. The van der Waals surface area contributed by atoms with Gasteiger partial charge in [0.05, 0.1) is 17.2 Å². The molecule has 6 aromatic rings. The van der Waals surface area contributed by atoms with Gasteiger partial charge in [0.2, 0.25) is 0 Å². The zero-order valence-corrected chi connectivity index (χ0v) is 29.4. The van der Waals surface area contributed by atoms with Gasteiger partial charge in [-0.15, -0.1) is 5.10 Å². The standard InChI is InChI=1S/C39H34F2N3O8P/c1-25(2)51-33-21-29(20-30(22-33)36(45)46)28-16-12-27(13-17-28)24-50-37(47)39(31-8-4-3-5-9-31,44-35-11-7-6-10-34(35)42-43-44)23-26-14-18-32(19-15-26)52-53(48,49)38(40)41/h3-22,25,38H,23-24H2,1-2H3,(H,45,46)(H,48,49). The van der Waals surface area contributed by atoms with Crippen molar-refractivity contribution in [1.82, 2.24) is 15.0 Å². The van der Waals surface area contributed by atoms with E-state index < -0.39 is 31.2 Å². The first-order chi connectivity index (χ1) is 25.4. The second-order valence-electron chi connectivity index (χ2n) is 12.5. The van der Waals surface area contributed by atoms with Gasteiger partial charge in [-0.3, -0.25) is 0 Å². The van der Waals surface area contributed by atoms with Crippen molar-refractivity contribution in [2.45, 2.75) is 44.7 Å². The molecule has 2 unspecified atom stereocenters. The second-order valence-corrected chi connectivity index (χ2v) is 14.2. The van der Waals surface area contributed by atoms with Gasteiger partial charge in [-0.2, -0.15) is 8.78 Å². The molecule has 272 valence electrons. The fraction of sp³-hybridized carbons (Fsp3) is 0.179. The number of nitrogens with zero attached hydrogens (tertiary/aromatic N) is 3. The molecule has 14 heteroatoms. The van der Waals surface area contributed by atoms with Crippen molar-refractivity contribution < 1.29 is 46.9 Å². The van der Waals surface area contributed by atoms with Crippen molar-refractivity contribution >= 4 is 30.6 Å². The minimum absolute atomic E-state index is 0.0469. The Morgan fingerprint density at radius 3 is 2.15 bits per heavy atom. The maximum absolute atomic E-state index is 14.7. The van der Waals surface area contributed by atoms with Crippen molar-refractivity contribution in [3.8, 4) is 22.6 Å². The summed E-state index contributed by atoms with van der Waals surface area (Å²) < 4.78 is 55.8. The van der Waals surface area contributed by atoms with Crippen molar-refractivity contribution in [3.05, 3.63) is 144 Å². The van der Waals surface area contributed by atoms with E-state index in [-0.39, 0.29) is 30.4 Å². The molecule has 11 nitrogen and oxygen atoms in total. The predicted molar refractivity (Wildman–Crippen MR) is 192 cm³/mol. The molecule has 53 heavy (non-hydrogen) atoms. The number of benzene rings is 5. The Labute approximate surface area is 302 Å². The third-order valence-corrected chi connectivity index (χ3v) is 9.32. The quantitative estimate of drug-likeness (QED) is 0.0828. The summed E-state index contributed by atoms with van der Waals surface area (Å²) in [4.78, 5) is 36.0. The number of aromatic nitrogens is 3. The average molecular weight is 742 g/mol. The van der Waals surface area contributed by atoms with Gasteiger partial charge in [-0.05, 0) is 84.1 Å². The summed E-state index contributed by atoms with van der Waals surface area (Å²) in [5.41, 5.74) is 2.56. The van der Waals surface area contributed by atoms with E-state index in [0.717, 1.165) is 5.56 Å². The van der Waals surface area contributed by atoms with Crippen LogP contribution in [0.3, 0.4) is 0 Å². The van der Waals surface area contributed by atoms with Gasteiger partial charge in [0, 0.05) is 6.42 Å². The van der Waals surface area contributed by atoms with Crippen LogP contribution in [0.4, 0.5) is 8.78 Å². The Balaban J connectivity index is 1.34. The van der Waals surface area contributed by atoms with E-state index in [2.05, 4.69) is 14.8 Å². The van der Waals surface area contributed by atoms with Crippen LogP contribution in [0.2, 0.25) is 0 Å². The number of carbonyl (C=O) groups excluding carboxylic acids is 1. The van der Waals surface area contributed by atoms with Gasteiger partial charge >= 0.3 is 25.7 Å². The van der Waals surface area contributed by atoms with Crippen LogP contribution in [-0.2, 0) is 32.7 Å². The molecule has 0 bridgehead atoms. The van der Waals surface area contributed by atoms with Crippen molar-refractivity contribution in [2.75, 3.05) is 0 Å². The molecule has 5 aromatic carbocycles. The third kappa shape index (κ3) is 8.11. The van der Waals surface area contributed by atoms with Gasteiger partial charge < -0.3 is 24.0 Å². The molecule has 0 aliphatic carbocycles. The normalized spacial score (nSPS) is 13.7. The minimum Gasteiger partial charge on any atom is -0.491 e. The van der Waals surface area contributed by atoms with Gasteiger partial charge in [0.1, 0.15) is 23.6 Å². The maximum Gasteiger partial charge on any atom is 0.442 e. The number of carbonyl (C=O) groups is 2. The molecule has 2 N–H and O–H groups in total. The fourth-order valence-corrected chi connectivity index (χ4v) is 6.39. The van der Waals surface area contributed by atoms with Crippen LogP contribution < -0.4 is 9.26 Å². The van der Waals surface area contributed by atoms with Crippen LogP contribution in [-0.4, -0.2) is 49.2 Å². The van der Waals surface area contributed by atoms with Gasteiger partial charge in [0.25, 0.3) is 0 Å². The van der Waals surface area contributed by atoms with Gasteiger partial charge in [-0.1, -0.05) is 84.1 Å². The number of alkyl halides is 2. The number of ether oxygens (including phenoxy) is 2. The highest BCUT2D eigenvalue weighted by atomic mass is 31.2. The Bertz CT molecular complexity index is 2280. The van der Waals surface area contributed by atoms with Crippen molar-refractivity contribution in [2.24, 2.45) is 0 Å². The topological polar surface area (TPSA) is 150 Å². The zero-order valence-electron chi connectivity index (χ0n) is 28.5. The highest BCUT2D eigenvalue weighted by Gasteiger charge is 2.46. The van der Waals surface area contributed by atoms with E-state index in [4.69, 9.17) is 9.47 Å². The van der Waals surface area contributed by atoms with Crippen LogP contribution in [0.1, 0.15) is 40.9 Å². The van der Waals surface area contributed by atoms with E-state index in [1.54, 1.807) is 91.0 Å². The number of fused-ring (bicyclic) bond motifs is 1. The molecule has 0 saturated carbocycles. The van der Waals surface area contributed by atoms with E-state index in [1.807, 2.05) is 13.8 Å². The molecule has 0 radical (unpaired) electrons. The summed E-state index contributed by atoms with van der Waals surface area (Å²) in [6, 6.07) is 33.4. The van der Waals surface area contributed by atoms with E-state index in [1.165, 1.54) is 35.0 Å². The van der Waals surface area contributed by atoms with Crippen molar-refractivity contribution in [3.63, 3.8) is 0 Å². The largest absolute Gasteiger partial charge is 0.491 e. The number of hydrogen-bond acceptors (Lipinski definition) is 8. The summed E-state index contributed by atoms with van der Waals surface area (Å²) in [6.07, 6.45) is -3.79. The van der Waals surface area contributed by atoms with Gasteiger partial charge in [0.15, 0.2) is 5.54 Å². The minimum atomic E-state index is -5.20. The molecular weight excluding hydrogens is 707 g/mol. The molecule has 0 spiro atoms. The number of carboxylic acids is 1. The molecule has 0 aliphatic rings. The predicted octanol–water partition coefficient (Wildman–Crippen LogP) is 8.10. The second kappa shape index (κ2) is 15.4. The van der Waals surface area contributed by atoms with Crippen LogP contribution in [0.5, 0.6) is 11.5 Å². The van der Waals surface area contributed by atoms with Crippen molar-refractivity contribution in [1.29, 1.82) is 0 Å². The monoisotopic (exact) mass is 741 g/mol. The lowest BCUT2D eigenvalue weighted by Gasteiger charge is -2.33. The van der Waals surface area contributed by atoms with Crippen LogP contribution in [0.15, 0.2) is 121 Å². The Kier molecular flexibility index (Phi) is 10.7. The lowest BCUT2D eigenvalue weighted by Crippen LogP contribution is -2.47. The van der Waals surface area contributed by atoms with Crippen LogP contribution >= 0.6 is 7.60 Å². The number of rotatable bonds is 14. The number of aromatic carboxylic acids is 1. The molecule has 0 fully saturated rings. The number of esters is 1. The summed E-state index contributed by atoms with van der Waals surface area (Å²) in [6.45, 7) is 3.56. The van der Waals surface area contributed by atoms with Crippen LogP contribution in [0, 0.1) is 0 Å². The summed E-state index contributed by atoms with van der Waals surface area (Å²) in [5.74, 6) is -1.58. The Morgan fingerprint density at radius 2 is 1.49 bits per heavy atom. The van der Waals surface area contributed by atoms with E-state index in [9.17, 15) is 32.9 Å². The molecule has 0 aliphatic heterocycles.